The molecule has 0 amide bonds. The molecule has 0 saturated carbocycles. The van der Waals surface area contributed by atoms with E-state index in [4.69, 9.17) is 6.57 Å². The third kappa shape index (κ3) is 4.24. The SMILES string of the molecule is [C-]#[N+]c1cccc2c3cc(C#N)ccc3n(-c3ccccc3-c3cccc(-c4cccc(-n5c6ccccc6c6ccccc65)c4C#N)c3)c12. The van der Waals surface area contributed by atoms with Gasteiger partial charge in [-0.1, -0.05) is 103 Å². The van der Waals surface area contributed by atoms with Crippen molar-refractivity contribution in [3.63, 3.8) is 0 Å². The lowest BCUT2D eigenvalue weighted by Gasteiger charge is -2.16. The first kappa shape index (κ1) is 28.8. The van der Waals surface area contributed by atoms with Gasteiger partial charge in [0.25, 0.3) is 0 Å². The fourth-order valence-electron chi connectivity index (χ4n) is 7.49. The van der Waals surface area contributed by atoms with E-state index < -0.39 is 0 Å². The second-order valence-corrected chi connectivity index (χ2v) is 12.2. The monoisotopic (exact) mass is 635 g/mol. The second-order valence-electron chi connectivity index (χ2n) is 12.2. The van der Waals surface area contributed by atoms with Gasteiger partial charge in [-0.3, -0.25) is 0 Å². The molecule has 7 aromatic carbocycles. The molecule has 0 saturated heterocycles. The number of aromatic nitrogens is 2. The van der Waals surface area contributed by atoms with Crippen LogP contribution in [0.3, 0.4) is 0 Å². The predicted octanol–water partition coefficient (Wildman–Crippen LogP) is 11.5. The van der Waals surface area contributed by atoms with E-state index >= 15 is 0 Å². The number of nitriles is 2. The number of hydrogen-bond donors (Lipinski definition) is 0. The lowest BCUT2D eigenvalue weighted by molar-refractivity contribution is 1.17. The van der Waals surface area contributed by atoms with E-state index in [1.165, 1.54) is 0 Å². The first-order valence-corrected chi connectivity index (χ1v) is 16.3. The number of fused-ring (bicyclic) bond motifs is 6. The molecule has 5 heteroatoms. The highest BCUT2D eigenvalue weighted by molar-refractivity contribution is 6.14. The van der Waals surface area contributed by atoms with Gasteiger partial charge in [0.05, 0.1) is 57.2 Å². The van der Waals surface area contributed by atoms with Gasteiger partial charge in [0.2, 0.25) is 5.69 Å². The van der Waals surface area contributed by atoms with Crippen molar-refractivity contribution in [3.05, 3.63) is 174 Å². The molecule has 0 bridgehead atoms. The van der Waals surface area contributed by atoms with Crippen molar-refractivity contribution in [2.24, 2.45) is 0 Å². The normalized spacial score (nSPS) is 11.1. The molecule has 9 rings (SSSR count). The molecule has 0 unspecified atom stereocenters. The Kier molecular flexibility index (Phi) is 6.56. The van der Waals surface area contributed by atoms with Crippen LogP contribution in [0.25, 0.3) is 82.1 Å². The zero-order chi connectivity index (χ0) is 33.8. The van der Waals surface area contributed by atoms with Crippen LogP contribution in [0.4, 0.5) is 5.69 Å². The molecule has 5 nitrogen and oxygen atoms in total. The first-order valence-electron chi connectivity index (χ1n) is 16.3. The van der Waals surface area contributed by atoms with Crippen LogP contribution in [-0.2, 0) is 0 Å². The van der Waals surface area contributed by atoms with Gasteiger partial charge in [0.15, 0.2) is 0 Å². The molecule has 0 radical (unpaired) electrons. The van der Waals surface area contributed by atoms with E-state index in [2.05, 4.69) is 92.8 Å². The lowest BCUT2D eigenvalue weighted by Crippen LogP contribution is -2.00. The number of para-hydroxylation sites is 4. The summed E-state index contributed by atoms with van der Waals surface area (Å²) >= 11 is 0. The third-order valence-electron chi connectivity index (χ3n) is 9.62. The molecule has 0 fully saturated rings. The first-order chi connectivity index (χ1) is 24.7. The Hall–Kier alpha value is -7.39. The lowest BCUT2D eigenvalue weighted by atomic mass is 9.94. The summed E-state index contributed by atoms with van der Waals surface area (Å²) in [4.78, 5) is 3.90. The third-order valence-corrected chi connectivity index (χ3v) is 9.62. The Balaban J connectivity index is 1.25. The van der Waals surface area contributed by atoms with E-state index in [9.17, 15) is 10.5 Å². The van der Waals surface area contributed by atoms with E-state index in [0.29, 0.717) is 16.8 Å². The molecule has 0 aliphatic carbocycles. The molecule has 230 valence electrons. The van der Waals surface area contributed by atoms with Crippen LogP contribution in [0.15, 0.2) is 152 Å². The van der Waals surface area contributed by atoms with Crippen LogP contribution >= 0.6 is 0 Å². The van der Waals surface area contributed by atoms with Gasteiger partial charge in [-0.05, 0) is 65.0 Å². The molecule has 2 heterocycles. The molecule has 2 aromatic heterocycles. The summed E-state index contributed by atoms with van der Waals surface area (Å²) in [5.41, 5.74) is 11.0. The summed E-state index contributed by atoms with van der Waals surface area (Å²) < 4.78 is 4.34. The summed E-state index contributed by atoms with van der Waals surface area (Å²) in [6.07, 6.45) is 0. The quantitative estimate of drug-likeness (QED) is 0.181. The molecule has 0 spiro atoms. The van der Waals surface area contributed by atoms with Gasteiger partial charge in [-0.25, -0.2) is 4.85 Å². The Bertz CT molecular complexity index is 2920. The molecule has 50 heavy (non-hydrogen) atoms. The van der Waals surface area contributed by atoms with Gasteiger partial charge in [-0.15, -0.1) is 0 Å². The highest BCUT2D eigenvalue weighted by Gasteiger charge is 2.20. The zero-order valence-electron chi connectivity index (χ0n) is 26.7. The highest BCUT2D eigenvalue weighted by atomic mass is 15.0. The minimum absolute atomic E-state index is 0.543. The van der Waals surface area contributed by atoms with Crippen LogP contribution in [-0.4, -0.2) is 9.13 Å². The standard InChI is InChI=1S/C45H25N5/c1-48-39-18-9-17-36-37-25-29(27-46)23-24-44(37)50(45(36)39)40-19-5-2-13-33(40)31-12-8-11-30(26-31)32-16-10-22-43(38(32)28-47)49-41-20-6-3-14-34(41)35-15-4-7-21-42(35)49/h2-26H. The van der Waals surface area contributed by atoms with Crippen LogP contribution in [0, 0.1) is 29.2 Å². The van der Waals surface area contributed by atoms with Gasteiger partial charge < -0.3 is 9.13 Å². The number of benzene rings is 7. The summed E-state index contributed by atoms with van der Waals surface area (Å²) in [5, 5.41) is 24.6. The Morgan fingerprint density at radius 2 is 1.08 bits per heavy atom. The fraction of sp³-hybridized carbons (Fsp3) is 0. The van der Waals surface area contributed by atoms with Crippen LogP contribution in [0.5, 0.6) is 0 Å². The smallest absolute Gasteiger partial charge is 0.211 e. The molecule has 0 aliphatic heterocycles. The molecular formula is C45H25N5. The maximum atomic E-state index is 10.7. The van der Waals surface area contributed by atoms with E-state index in [1.807, 2.05) is 84.9 Å². The Labute approximate surface area is 288 Å². The summed E-state index contributed by atoms with van der Waals surface area (Å²) in [6, 6.07) is 55.5. The van der Waals surface area contributed by atoms with Gasteiger partial charge in [0.1, 0.15) is 6.07 Å². The average molecular weight is 636 g/mol. The number of hydrogen-bond acceptors (Lipinski definition) is 2. The van der Waals surface area contributed by atoms with Gasteiger partial charge in [-0.2, -0.15) is 10.5 Å². The second kappa shape index (κ2) is 11.4. The van der Waals surface area contributed by atoms with Gasteiger partial charge in [0, 0.05) is 27.3 Å². The van der Waals surface area contributed by atoms with Crippen LogP contribution in [0.2, 0.25) is 0 Å². The van der Waals surface area contributed by atoms with Crippen LogP contribution in [0.1, 0.15) is 11.1 Å². The fourth-order valence-corrected chi connectivity index (χ4v) is 7.49. The largest absolute Gasteiger partial charge is 0.318 e. The Morgan fingerprint density at radius 3 is 1.82 bits per heavy atom. The van der Waals surface area contributed by atoms with Gasteiger partial charge >= 0.3 is 0 Å². The van der Waals surface area contributed by atoms with Crippen molar-refractivity contribution < 1.29 is 0 Å². The topological polar surface area (TPSA) is 61.8 Å². The van der Waals surface area contributed by atoms with Crippen molar-refractivity contribution in [1.82, 2.24) is 9.13 Å². The minimum Gasteiger partial charge on any atom is -0.318 e. The highest BCUT2D eigenvalue weighted by Crippen LogP contribution is 2.41. The van der Waals surface area contributed by atoms with E-state index in [0.717, 1.165) is 77.2 Å². The van der Waals surface area contributed by atoms with Crippen molar-refractivity contribution in [1.29, 1.82) is 10.5 Å². The minimum atomic E-state index is 0.543. The number of nitrogens with zero attached hydrogens (tertiary/aromatic N) is 5. The summed E-state index contributed by atoms with van der Waals surface area (Å²) in [7, 11) is 0. The van der Waals surface area contributed by atoms with Crippen molar-refractivity contribution in [3.8, 4) is 45.8 Å². The molecule has 0 N–H and O–H groups in total. The van der Waals surface area contributed by atoms with Crippen molar-refractivity contribution in [2.75, 3.05) is 0 Å². The van der Waals surface area contributed by atoms with Crippen LogP contribution < -0.4 is 0 Å². The maximum absolute atomic E-state index is 10.7. The predicted molar refractivity (Wildman–Crippen MR) is 202 cm³/mol. The van der Waals surface area contributed by atoms with E-state index in [1.54, 1.807) is 0 Å². The Morgan fingerprint density at radius 1 is 0.480 bits per heavy atom. The molecule has 0 atom stereocenters. The summed E-state index contributed by atoms with van der Waals surface area (Å²) in [5.74, 6) is 0. The van der Waals surface area contributed by atoms with Crippen molar-refractivity contribution >= 4 is 49.3 Å². The summed E-state index contributed by atoms with van der Waals surface area (Å²) in [6.45, 7) is 8.01. The molecular weight excluding hydrogens is 611 g/mol. The maximum Gasteiger partial charge on any atom is 0.211 e. The van der Waals surface area contributed by atoms with Crippen molar-refractivity contribution in [2.45, 2.75) is 0 Å². The molecule has 9 aromatic rings. The average Bonchev–Trinajstić information content (AvgIpc) is 3.70. The molecule has 0 aliphatic rings. The van der Waals surface area contributed by atoms with E-state index in [-0.39, 0.29) is 0 Å². The zero-order valence-corrected chi connectivity index (χ0v) is 26.7. The number of rotatable bonds is 4.